The Balaban J connectivity index is 1.65. The van der Waals surface area contributed by atoms with Crippen molar-refractivity contribution in [2.24, 2.45) is 4.99 Å². The molecule has 4 nitrogen and oxygen atoms in total. The maximum absolute atomic E-state index is 12.2. The number of benzene rings is 1. The normalized spacial score (nSPS) is 16.0. The Bertz CT molecular complexity index is 704. The summed E-state index contributed by atoms with van der Waals surface area (Å²) in [6.07, 6.45) is 2.09. The van der Waals surface area contributed by atoms with E-state index in [1.807, 2.05) is 36.4 Å². The molecule has 1 aliphatic heterocycles. The summed E-state index contributed by atoms with van der Waals surface area (Å²) in [6, 6.07) is 13.4. The second-order valence-corrected chi connectivity index (χ2v) is 6.66. The predicted octanol–water partition coefficient (Wildman–Crippen LogP) is 3.41. The van der Waals surface area contributed by atoms with Crippen LogP contribution >= 0.6 is 23.4 Å². The number of amides is 1. The van der Waals surface area contributed by atoms with Gasteiger partial charge in [-0.25, -0.2) is 4.98 Å². The molecule has 0 aliphatic carbocycles. The van der Waals surface area contributed by atoms with Crippen molar-refractivity contribution in [3.63, 3.8) is 0 Å². The van der Waals surface area contributed by atoms with Gasteiger partial charge in [0.1, 0.15) is 5.15 Å². The van der Waals surface area contributed by atoms with Gasteiger partial charge in [0.15, 0.2) is 5.17 Å². The van der Waals surface area contributed by atoms with Gasteiger partial charge >= 0.3 is 0 Å². The molecule has 1 fully saturated rings. The predicted molar refractivity (Wildman–Crippen MR) is 94.7 cm³/mol. The van der Waals surface area contributed by atoms with Crippen molar-refractivity contribution < 1.29 is 4.79 Å². The van der Waals surface area contributed by atoms with Crippen LogP contribution in [0, 0.1) is 0 Å². The highest BCUT2D eigenvalue weighted by molar-refractivity contribution is 8.14. The molecule has 2 heterocycles. The second kappa shape index (κ2) is 7.62. The van der Waals surface area contributed by atoms with Crippen LogP contribution in [0.1, 0.15) is 11.1 Å². The summed E-state index contributed by atoms with van der Waals surface area (Å²) in [6.45, 7) is 1.57. The van der Waals surface area contributed by atoms with E-state index in [-0.39, 0.29) is 5.91 Å². The molecule has 1 aromatic carbocycles. The van der Waals surface area contributed by atoms with Crippen LogP contribution in [0.15, 0.2) is 53.7 Å². The first-order valence-corrected chi connectivity index (χ1v) is 8.71. The number of hydrogen-bond donors (Lipinski definition) is 0. The van der Waals surface area contributed by atoms with Crippen LogP contribution in [0.25, 0.3) is 0 Å². The number of carbonyl (C=O) groups is 1. The minimum atomic E-state index is -0.111. The number of carbonyl (C=O) groups excluding carboxylic acids is 1. The van der Waals surface area contributed by atoms with Gasteiger partial charge in [-0.05, 0) is 17.2 Å². The van der Waals surface area contributed by atoms with Gasteiger partial charge in [-0.15, -0.1) is 0 Å². The van der Waals surface area contributed by atoms with Gasteiger partial charge in [-0.2, -0.15) is 4.99 Å². The summed E-state index contributed by atoms with van der Waals surface area (Å²) < 4.78 is 0. The van der Waals surface area contributed by atoms with Crippen LogP contribution in [0.5, 0.6) is 0 Å². The maximum atomic E-state index is 12.2. The molecule has 3 rings (SSSR count). The maximum Gasteiger partial charge on any atom is 0.252 e. The monoisotopic (exact) mass is 345 g/mol. The average molecular weight is 346 g/mol. The van der Waals surface area contributed by atoms with Crippen LogP contribution < -0.4 is 0 Å². The lowest BCUT2D eigenvalue weighted by atomic mass is 10.1. The van der Waals surface area contributed by atoms with E-state index in [0.29, 0.717) is 18.1 Å². The van der Waals surface area contributed by atoms with Crippen LogP contribution in [0.4, 0.5) is 0 Å². The Hall–Kier alpha value is -1.85. The Morgan fingerprint density at radius 3 is 2.78 bits per heavy atom. The third-order valence-corrected chi connectivity index (χ3v) is 4.66. The van der Waals surface area contributed by atoms with Crippen LogP contribution in [-0.2, 0) is 17.8 Å². The molecule has 1 aromatic heterocycles. The molecule has 0 bridgehead atoms. The summed E-state index contributed by atoms with van der Waals surface area (Å²) in [5.74, 6) is 0.832. The average Bonchev–Trinajstić information content (AvgIpc) is 2.97. The zero-order chi connectivity index (χ0) is 16.1. The van der Waals surface area contributed by atoms with Gasteiger partial charge in [0, 0.05) is 25.0 Å². The number of nitrogens with zero attached hydrogens (tertiary/aromatic N) is 3. The number of aliphatic imine (C=N–C) groups is 1. The van der Waals surface area contributed by atoms with Gasteiger partial charge in [0.25, 0.3) is 5.91 Å². The quantitative estimate of drug-likeness (QED) is 0.797. The number of thioether (sulfide) groups is 1. The smallest absolute Gasteiger partial charge is 0.252 e. The lowest BCUT2D eigenvalue weighted by molar-refractivity contribution is -0.117. The number of aromatic nitrogens is 1. The van der Waals surface area contributed by atoms with E-state index >= 15 is 0 Å². The molecule has 1 aliphatic rings. The van der Waals surface area contributed by atoms with Crippen molar-refractivity contribution in [2.45, 2.75) is 13.0 Å². The molecule has 0 N–H and O–H groups in total. The van der Waals surface area contributed by atoms with Crippen LogP contribution in [0.3, 0.4) is 0 Å². The molecule has 0 unspecified atom stereocenters. The first-order chi connectivity index (χ1) is 11.2. The van der Waals surface area contributed by atoms with E-state index in [2.05, 4.69) is 14.9 Å². The third kappa shape index (κ3) is 4.56. The fraction of sp³-hybridized carbons (Fsp3) is 0.235. The van der Waals surface area contributed by atoms with E-state index < -0.39 is 0 Å². The Labute approximate surface area is 144 Å². The topological polar surface area (TPSA) is 45.6 Å². The number of pyridine rings is 1. The highest BCUT2D eigenvalue weighted by Gasteiger charge is 2.21. The molecule has 118 valence electrons. The second-order valence-electron chi connectivity index (χ2n) is 5.21. The molecular weight excluding hydrogens is 330 g/mol. The molecule has 2 aromatic rings. The molecule has 23 heavy (non-hydrogen) atoms. The van der Waals surface area contributed by atoms with E-state index in [0.717, 1.165) is 28.6 Å². The molecule has 0 radical (unpaired) electrons. The molecule has 6 heteroatoms. The zero-order valence-corrected chi connectivity index (χ0v) is 14.1. The van der Waals surface area contributed by atoms with E-state index in [1.165, 1.54) is 0 Å². The number of halogens is 1. The summed E-state index contributed by atoms with van der Waals surface area (Å²) in [5, 5.41) is 1.28. The van der Waals surface area contributed by atoms with Crippen molar-refractivity contribution in [3.05, 3.63) is 64.9 Å². The van der Waals surface area contributed by atoms with E-state index in [4.69, 9.17) is 11.6 Å². The summed E-state index contributed by atoms with van der Waals surface area (Å²) >= 11 is 7.43. The first-order valence-electron chi connectivity index (χ1n) is 7.34. The van der Waals surface area contributed by atoms with Crippen molar-refractivity contribution in [1.82, 2.24) is 9.88 Å². The Morgan fingerprint density at radius 2 is 2.04 bits per heavy atom. The molecule has 1 amide bonds. The number of rotatable bonds is 4. The molecule has 0 spiro atoms. The molecule has 1 saturated heterocycles. The van der Waals surface area contributed by atoms with E-state index in [1.54, 1.807) is 24.0 Å². The van der Waals surface area contributed by atoms with Crippen LogP contribution in [-0.4, -0.2) is 33.3 Å². The van der Waals surface area contributed by atoms with Crippen molar-refractivity contribution in [3.8, 4) is 0 Å². The number of hydrogen-bond acceptors (Lipinski definition) is 3. The summed E-state index contributed by atoms with van der Waals surface area (Å²) in [7, 11) is 0. The highest BCUT2D eigenvalue weighted by Crippen LogP contribution is 2.21. The summed E-state index contributed by atoms with van der Waals surface area (Å²) in [4.78, 5) is 22.6. The molecular formula is C17H16ClN3OS. The number of amidine groups is 1. The largest absolute Gasteiger partial charge is 0.346 e. The highest BCUT2D eigenvalue weighted by atomic mass is 35.5. The fourth-order valence-corrected chi connectivity index (χ4v) is 3.43. The standard InChI is InChI=1S/C17H16ClN3OS/c18-15-7-6-14(11-19-15)12-21-8-9-23-17(21)20-16(22)10-13-4-2-1-3-5-13/h1-7,11H,8-10,12H2/b20-17+. The van der Waals surface area contributed by atoms with Crippen molar-refractivity contribution in [2.75, 3.05) is 12.3 Å². The molecule has 0 atom stereocenters. The Morgan fingerprint density at radius 1 is 1.22 bits per heavy atom. The lowest BCUT2D eigenvalue weighted by Gasteiger charge is -2.17. The van der Waals surface area contributed by atoms with E-state index in [9.17, 15) is 4.79 Å². The van der Waals surface area contributed by atoms with Gasteiger partial charge in [-0.1, -0.05) is 59.8 Å². The lowest BCUT2D eigenvalue weighted by Crippen LogP contribution is -2.25. The Kier molecular flexibility index (Phi) is 5.31. The third-order valence-electron chi connectivity index (χ3n) is 3.44. The minimum absolute atomic E-state index is 0.111. The fourth-order valence-electron chi connectivity index (χ4n) is 2.32. The van der Waals surface area contributed by atoms with Gasteiger partial charge in [-0.3, -0.25) is 4.79 Å². The summed E-state index contributed by atoms with van der Waals surface area (Å²) in [5.41, 5.74) is 2.04. The zero-order valence-electron chi connectivity index (χ0n) is 12.5. The van der Waals surface area contributed by atoms with Gasteiger partial charge < -0.3 is 4.90 Å². The van der Waals surface area contributed by atoms with Crippen molar-refractivity contribution >= 4 is 34.4 Å². The minimum Gasteiger partial charge on any atom is -0.346 e. The van der Waals surface area contributed by atoms with Gasteiger partial charge in [0.05, 0.1) is 6.42 Å². The SMILES string of the molecule is O=C(Cc1ccccc1)/N=C1/SCCN1Cc1ccc(Cl)nc1. The van der Waals surface area contributed by atoms with Crippen molar-refractivity contribution in [1.29, 1.82) is 0 Å². The molecule has 0 saturated carbocycles. The van der Waals surface area contributed by atoms with Gasteiger partial charge in [0.2, 0.25) is 0 Å². The van der Waals surface area contributed by atoms with Crippen LogP contribution in [0.2, 0.25) is 5.15 Å². The first kappa shape index (κ1) is 16.0.